The van der Waals surface area contributed by atoms with E-state index in [0.717, 1.165) is 43.7 Å². The second kappa shape index (κ2) is 10.0. The molecule has 0 N–H and O–H groups in total. The standard InChI is InChI=1S/C25H33N5O4/c1-27-17-20(24(26-27)19-6-7-21-22(16-19)34-15-5-14-33-21)25(32)30-12-10-28(11-13-30)18-23(31)29-8-3-2-4-9-29/h6-7,16-17H,2-5,8-15,18H2,1H3. The number of piperazine rings is 1. The van der Waals surface area contributed by atoms with Crippen LogP contribution in [0, 0.1) is 0 Å². The molecule has 9 heteroatoms. The number of nitrogens with zero attached hydrogens (tertiary/aromatic N) is 5. The molecule has 0 unspecified atom stereocenters. The molecule has 0 saturated carbocycles. The number of aryl methyl sites for hydroxylation is 1. The minimum atomic E-state index is -0.0304. The predicted octanol–water partition coefficient (Wildman–Crippen LogP) is 2.02. The van der Waals surface area contributed by atoms with Gasteiger partial charge in [0.2, 0.25) is 5.91 Å². The van der Waals surface area contributed by atoms with Crippen LogP contribution in [-0.2, 0) is 11.8 Å². The summed E-state index contributed by atoms with van der Waals surface area (Å²) in [6.07, 6.45) is 6.04. The number of carbonyl (C=O) groups is 2. The van der Waals surface area contributed by atoms with Crippen molar-refractivity contribution in [2.45, 2.75) is 25.7 Å². The van der Waals surface area contributed by atoms with Gasteiger partial charge in [0.15, 0.2) is 11.5 Å². The number of aromatic nitrogens is 2. The third-order valence-electron chi connectivity index (χ3n) is 6.81. The van der Waals surface area contributed by atoms with E-state index in [1.807, 2.05) is 35.0 Å². The van der Waals surface area contributed by atoms with Crippen LogP contribution in [-0.4, -0.2) is 95.3 Å². The molecule has 34 heavy (non-hydrogen) atoms. The molecule has 1 aromatic carbocycles. The largest absolute Gasteiger partial charge is 0.490 e. The molecule has 0 bridgehead atoms. The van der Waals surface area contributed by atoms with Crippen molar-refractivity contribution in [2.75, 3.05) is 59.0 Å². The summed E-state index contributed by atoms with van der Waals surface area (Å²) < 4.78 is 13.2. The SMILES string of the molecule is Cn1cc(C(=O)N2CCN(CC(=O)N3CCCCC3)CC2)c(-c2ccc3c(c2)OCCCO3)n1. The summed E-state index contributed by atoms with van der Waals surface area (Å²) in [6, 6.07) is 5.72. The van der Waals surface area contributed by atoms with Gasteiger partial charge in [0, 0.05) is 64.5 Å². The number of hydrogen-bond acceptors (Lipinski definition) is 6. The smallest absolute Gasteiger partial charge is 0.257 e. The lowest BCUT2D eigenvalue weighted by Crippen LogP contribution is -2.52. The third-order valence-corrected chi connectivity index (χ3v) is 6.81. The average molecular weight is 468 g/mol. The van der Waals surface area contributed by atoms with Gasteiger partial charge in [0.25, 0.3) is 5.91 Å². The summed E-state index contributed by atoms with van der Waals surface area (Å²) in [7, 11) is 1.83. The van der Waals surface area contributed by atoms with Crippen LogP contribution in [0.3, 0.4) is 0 Å². The molecule has 2 aromatic rings. The van der Waals surface area contributed by atoms with Gasteiger partial charge in [0.1, 0.15) is 5.69 Å². The van der Waals surface area contributed by atoms with Gasteiger partial charge in [-0.1, -0.05) is 0 Å². The van der Waals surface area contributed by atoms with Crippen LogP contribution < -0.4 is 9.47 Å². The molecule has 9 nitrogen and oxygen atoms in total. The van der Waals surface area contributed by atoms with E-state index >= 15 is 0 Å². The number of piperidine rings is 1. The number of benzene rings is 1. The predicted molar refractivity (Wildman–Crippen MR) is 127 cm³/mol. The van der Waals surface area contributed by atoms with Gasteiger partial charge in [-0.2, -0.15) is 5.10 Å². The lowest BCUT2D eigenvalue weighted by atomic mass is 10.1. The highest BCUT2D eigenvalue weighted by molar-refractivity contribution is 6.00. The Labute approximate surface area is 200 Å². The molecule has 2 fully saturated rings. The highest BCUT2D eigenvalue weighted by atomic mass is 16.5. The molecule has 3 aliphatic rings. The lowest BCUT2D eigenvalue weighted by Gasteiger charge is -2.36. The van der Waals surface area contributed by atoms with Gasteiger partial charge in [-0.05, 0) is 37.5 Å². The van der Waals surface area contributed by atoms with Crippen molar-refractivity contribution in [3.05, 3.63) is 30.0 Å². The Bertz CT molecular complexity index is 1040. The van der Waals surface area contributed by atoms with Crippen molar-refractivity contribution in [3.8, 4) is 22.8 Å². The fraction of sp³-hybridized carbons (Fsp3) is 0.560. The summed E-state index contributed by atoms with van der Waals surface area (Å²) in [6.45, 7) is 6.03. The number of hydrogen-bond donors (Lipinski definition) is 0. The van der Waals surface area contributed by atoms with Crippen LogP contribution in [0.5, 0.6) is 11.5 Å². The van der Waals surface area contributed by atoms with Crippen LogP contribution in [0.25, 0.3) is 11.3 Å². The molecule has 0 radical (unpaired) electrons. The molecular weight excluding hydrogens is 434 g/mol. The zero-order valence-corrected chi connectivity index (χ0v) is 19.9. The Morgan fingerprint density at radius 2 is 1.62 bits per heavy atom. The summed E-state index contributed by atoms with van der Waals surface area (Å²) >= 11 is 0. The van der Waals surface area contributed by atoms with Crippen LogP contribution in [0.1, 0.15) is 36.0 Å². The number of rotatable bonds is 4. The van der Waals surface area contributed by atoms with Crippen molar-refractivity contribution in [3.63, 3.8) is 0 Å². The first-order valence-corrected chi connectivity index (χ1v) is 12.3. The van der Waals surface area contributed by atoms with E-state index < -0.39 is 0 Å². The Kier molecular flexibility index (Phi) is 6.71. The first-order valence-electron chi connectivity index (χ1n) is 12.3. The third kappa shape index (κ3) is 4.89. The quantitative estimate of drug-likeness (QED) is 0.685. The maximum atomic E-state index is 13.5. The van der Waals surface area contributed by atoms with E-state index in [1.54, 1.807) is 10.9 Å². The fourth-order valence-corrected chi connectivity index (χ4v) is 4.88. The number of ether oxygens (including phenoxy) is 2. The molecule has 0 aliphatic carbocycles. The van der Waals surface area contributed by atoms with Crippen LogP contribution >= 0.6 is 0 Å². The number of carbonyl (C=O) groups excluding carboxylic acids is 2. The average Bonchev–Trinajstić information content (AvgIpc) is 3.10. The van der Waals surface area contributed by atoms with E-state index in [4.69, 9.17) is 9.47 Å². The zero-order valence-electron chi connectivity index (χ0n) is 19.9. The molecule has 4 heterocycles. The van der Waals surface area contributed by atoms with Crippen molar-refractivity contribution < 1.29 is 19.1 Å². The number of fused-ring (bicyclic) bond motifs is 1. The molecule has 3 aliphatic heterocycles. The summed E-state index contributed by atoms with van der Waals surface area (Å²) in [5.74, 6) is 1.59. The topological polar surface area (TPSA) is 80.1 Å². The highest BCUT2D eigenvalue weighted by Crippen LogP contribution is 2.35. The Hall–Kier alpha value is -3.07. The van der Waals surface area contributed by atoms with E-state index in [1.165, 1.54) is 6.42 Å². The summed E-state index contributed by atoms with van der Waals surface area (Å²) in [4.78, 5) is 32.1. The monoisotopic (exact) mass is 467 g/mol. The molecular formula is C25H33N5O4. The van der Waals surface area contributed by atoms with Gasteiger partial charge in [-0.15, -0.1) is 0 Å². The summed E-state index contributed by atoms with van der Waals surface area (Å²) in [5.41, 5.74) is 2.06. The Balaban J connectivity index is 1.25. The minimum absolute atomic E-state index is 0.0304. The second-order valence-corrected chi connectivity index (χ2v) is 9.29. The van der Waals surface area contributed by atoms with Gasteiger partial charge in [0.05, 0.1) is 25.3 Å². The number of likely N-dealkylation sites (tertiary alicyclic amines) is 1. The highest BCUT2D eigenvalue weighted by Gasteiger charge is 2.28. The van der Waals surface area contributed by atoms with E-state index in [0.29, 0.717) is 62.9 Å². The van der Waals surface area contributed by atoms with Crippen molar-refractivity contribution in [2.24, 2.45) is 7.05 Å². The van der Waals surface area contributed by atoms with Crippen molar-refractivity contribution >= 4 is 11.8 Å². The van der Waals surface area contributed by atoms with E-state index in [9.17, 15) is 9.59 Å². The van der Waals surface area contributed by atoms with Gasteiger partial charge >= 0.3 is 0 Å². The number of amides is 2. The van der Waals surface area contributed by atoms with Gasteiger partial charge < -0.3 is 19.3 Å². The van der Waals surface area contributed by atoms with Gasteiger partial charge in [-0.3, -0.25) is 19.2 Å². The van der Waals surface area contributed by atoms with Crippen LogP contribution in [0.4, 0.5) is 0 Å². The molecule has 5 rings (SSSR count). The second-order valence-electron chi connectivity index (χ2n) is 9.29. The molecule has 0 spiro atoms. The zero-order chi connectivity index (χ0) is 23.5. The Morgan fingerprint density at radius 1 is 0.882 bits per heavy atom. The van der Waals surface area contributed by atoms with Crippen LogP contribution in [0.2, 0.25) is 0 Å². The molecule has 0 atom stereocenters. The van der Waals surface area contributed by atoms with Crippen molar-refractivity contribution in [1.82, 2.24) is 24.5 Å². The first kappa shape index (κ1) is 22.7. The minimum Gasteiger partial charge on any atom is -0.490 e. The van der Waals surface area contributed by atoms with E-state index in [-0.39, 0.29) is 11.8 Å². The van der Waals surface area contributed by atoms with Crippen molar-refractivity contribution in [1.29, 1.82) is 0 Å². The molecule has 2 amide bonds. The Morgan fingerprint density at radius 3 is 2.38 bits per heavy atom. The maximum absolute atomic E-state index is 13.5. The lowest BCUT2D eigenvalue weighted by molar-refractivity contribution is -0.133. The molecule has 182 valence electrons. The first-order chi connectivity index (χ1) is 16.6. The maximum Gasteiger partial charge on any atom is 0.257 e. The van der Waals surface area contributed by atoms with Crippen LogP contribution in [0.15, 0.2) is 24.4 Å². The summed E-state index contributed by atoms with van der Waals surface area (Å²) in [5, 5.41) is 4.59. The van der Waals surface area contributed by atoms with E-state index in [2.05, 4.69) is 10.00 Å². The normalized spacial score (nSPS) is 19.1. The molecule has 1 aromatic heterocycles. The fourth-order valence-electron chi connectivity index (χ4n) is 4.88. The van der Waals surface area contributed by atoms with Gasteiger partial charge in [-0.25, -0.2) is 0 Å². The molecule has 2 saturated heterocycles.